The topological polar surface area (TPSA) is 13.1 Å². The maximum atomic E-state index is 2.53. The summed E-state index contributed by atoms with van der Waals surface area (Å²) in [5.41, 5.74) is 18.8. The summed E-state index contributed by atoms with van der Waals surface area (Å²) >= 11 is 1.85. The van der Waals surface area contributed by atoms with Crippen LogP contribution in [0.2, 0.25) is 0 Å². The van der Waals surface area contributed by atoms with Crippen LogP contribution >= 0.6 is 11.3 Å². The van der Waals surface area contributed by atoms with E-state index < -0.39 is 0 Å². The average molecular weight is 888 g/mol. The fraction of sp³-hybridized carbons (Fsp3) is 0.0625. The van der Waals surface area contributed by atoms with Crippen molar-refractivity contribution in [2.75, 3.05) is 4.90 Å². The van der Waals surface area contributed by atoms with Gasteiger partial charge < -0.3 is 14.0 Å². The largest absolute Gasteiger partial charge is 0.333 e. The van der Waals surface area contributed by atoms with Crippen LogP contribution in [0.3, 0.4) is 0 Å². The van der Waals surface area contributed by atoms with Crippen molar-refractivity contribution in [1.82, 2.24) is 9.13 Å². The summed E-state index contributed by atoms with van der Waals surface area (Å²) in [6, 6.07) is 74.9. The minimum Gasteiger partial charge on any atom is -0.333 e. The molecule has 2 unspecified atom stereocenters. The first-order valence-electron chi connectivity index (χ1n) is 23.8. The third-order valence-electron chi connectivity index (χ3n) is 14.6. The van der Waals surface area contributed by atoms with Crippen LogP contribution < -0.4 is 4.90 Å². The fourth-order valence-corrected chi connectivity index (χ4v) is 12.4. The standard InChI is InChI=1S/C64H45N3S/c1-4-14-42(15-5-1)63-36-37-64(68-63)43-24-30-50(31-25-43)67-61-34-28-46(44-26-32-59-53(38-44)51-20-10-12-22-57(51)65(59)48-16-6-2-7-17-48)40-55(61)56-41-47(29-35-62(56)67)45-27-33-60-54(39-45)52-21-11-13-23-58(52)66(60)49-18-8-3-9-19-49/h1-18,20-31,33-41,49,59H,19,32H2. The lowest BCUT2D eigenvalue weighted by atomic mass is 9.89. The number of rotatable bonds is 7. The Morgan fingerprint density at radius 2 is 1.04 bits per heavy atom. The average Bonchev–Trinajstić information content (AvgIpc) is 4.19. The van der Waals surface area contributed by atoms with E-state index in [1.54, 1.807) is 0 Å². The molecule has 4 heterocycles. The predicted octanol–water partition coefficient (Wildman–Crippen LogP) is 17.4. The molecule has 3 aromatic heterocycles. The summed E-state index contributed by atoms with van der Waals surface area (Å²) in [4.78, 5) is 5.08. The van der Waals surface area contributed by atoms with Crippen LogP contribution in [0, 0.1) is 0 Å². The number of para-hydroxylation sites is 3. The third kappa shape index (κ3) is 6.25. The summed E-state index contributed by atoms with van der Waals surface area (Å²) in [5.74, 6) is 0. The Labute approximate surface area is 399 Å². The van der Waals surface area contributed by atoms with Crippen LogP contribution in [-0.4, -0.2) is 15.2 Å². The molecule has 3 aliphatic rings. The van der Waals surface area contributed by atoms with E-state index in [0.29, 0.717) is 6.04 Å². The maximum Gasteiger partial charge on any atom is 0.0633 e. The van der Waals surface area contributed by atoms with Gasteiger partial charge in [-0.1, -0.05) is 146 Å². The molecule has 2 atom stereocenters. The Morgan fingerprint density at radius 3 is 1.79 bits per heavy atom. The Bertz CT molecular complexity index is 3910. The van der Waals surface area contributed by atoms with Crippen LogP contribution in [0.25, 0.3) is 92.5 Å². The molecule has 8 aromatic carbocycles. The maximum absolute atomic E-state index is 2.53. The number of anilines is 2. The first-order valence-corrected chi connectivity index (χ1v) is 24.6. The van der Waals surface area contributed by atoms with E-state index in [0.717, 1.165) is 18.5 Å². The number of aromatic nitrogens is 2. The van der Waals surface area contributed by atoms with Crippen LogP contribution in [0.4, 0.5) is 11.4 Å². The smallest absolute Gasteiger partial charge is 0.0633 e. The first kappa shape index (κ1) is 39.0. The van der Waals surface area contributed by atoms with Gasteiger partial charge in [-0.25, -0.2) is 0 Å². The number of fused-ring (bicyclic) bond motifs is 9. The van der Waals surface area contributed by atoms with E-state index in [2.05, 4.69) is 251 Å². The molecule has 14 rings (SSSR count). The minimum absolute atomic E-state index is 0.260. The Balaban J connectivity index is 0.899. The van der Waals surface area contributed by atoms with Gasteiger partial charge in [-0.15, -0.1) is 11.3 Å². The number of benzene rings is 8. The minimum atomic E-state index is 0.260. The van der Waals surface area contributed by atoms with Crippen LogP contribution in [0.5, 0.6) is 0 Å². The Kier molecular flexibility index (Phi) is 9.03. The quantitative estimate of drug-likeness (QED) is 0.155. The molecule has 0 spiro atoms. The lowest BCUT2D eigenvalue weighted by molar-refractivity contribution is 0.648. The van der Waals surface area contributed by atoms with Crippen LogP contribution in [-0.2, 0) is 0 Å². The van der Waals surface area contributed by atoms with Crippen LogP contribution in [0.15, 0.2) is 237 Å². The molecule has 0 N–H and O–H groups in total. The van der Waals surface area contributed by atoms with Gasteiger partial charge in [0, 0.05) is 65.0 Å². The van der Waals surface area contributed by atoms with Crippen molar-refractivity contribution in [3.63, 3.8) is 0 Å². The fourth-order valence-electron chi connectivity index (χ4n) is 11.4. The lowest BCUT2D eigenvalue weighted by Gasteiger charge is -2.29. The molecular weight excluding hydrogens is 843 g/mol. The number of nitrogens with zero attached hydrogens (tertiary/aromatic N) is 3. The van der Waals surface area contributed by atoms with Crippen molar-refractivity contribution < 1.29 is 0 Å². The second-order valence-corrected chi connectivity index (χ2v) is 19.4. The van der Waals surface area contributed by atoms with Crippen LogP contribution in [0.1, 0.15) is 30.0 Å². The van der Waals surface area contributed by atoms with Gasteiger partial charge >= 0.3 is 0 Å². The lowest BCUT2D eigenvalue weighted by Crippen LogP contribution is -2.27. The second-order valence-electron chi connectivity index (χ2n) is 18.3. The predicted molar refractivity (Wildman–Crippen MR) is 289 cm³/mol. The Morgan fingerprint density at radius 1 is 0.441 bits per heavy atom. The molecule has 0 fully saturated rings. The van der Waals surface area contributed by atoms with Crippen molar-refractivity contribution in [2.45, 2.75) is 24.9 Å². The van der Waals surface area contributed by atoms with E-state index >= 15 is 0 Å². The second kappa shape index (κ2) is 15.7. The van der Waals surface area contributed by atoms with Gasteiger partial charge in [-0.05, 0) is 143 Å². The number of allylic oxidation sites excluding steroid dienone is 6. The van der Waals surface area contributed by atoms with E-state index in [1.165, 1.54) is 109 Å². The molecule has 1 aliphatic heterocycles. The van der Waals surface area contributed by atoms with Gasteiger partial charge in [0.05, 0.1) is 23.1 Å². The van der Waals surface area contributed by atoms with Crippen molar-refractivity contribution >= 4 is 77.5 Å². The summed E-state index contributed by atoms with van der Waals surface area (Å²) in [6.07, 6.45) is 15.8. The molecule has 0 saturated carbocycles. The van der Waals surface area contributed by atoms with E-state index in [1.807, 2.05) is 11.3 Å². The zero-order valence-electron chi connectivity index (χ0n) is 37.3. The Hall–Kier alpha value is -8.18. The summed E-state index contributed by atoms with van der Waals surface area (Å²) in [7, 11) is 0. The molecule has 0 bridgehead atoms. The van der Waals surface area contributed by atoms with Crippen molar-refractivity contribution in [3.8, 4) is 37.7 Å². The molecule has 0 radical (unpaired) electrons. The third-order valence-corrected chi connectivity index (χ3v) is 15.7. The summed E-state index contributed by atoms with van der Waals surface area (Å²) in [6.45, 7) is 0. The van der Waals surface area contributed by atoms with Gasteiger partial charge in [0.2, 0.25) is 0 Å². The normalized spacial score (nSPS) is 16.4. The number of hydrogen-bond acceptors (Lipinski definition) is 2. The van der Waals surface area contributed by atoms with E-state index in [4.69, 9.17) is 0 Å². The summed E-state index contributed by atoms with van der Waals surface area (Å²) < 4.78 is 4.99. The molecular formula is C64H45N3S. The van der Waals surface area contributed by atoms with E-state index in [9.17, 15) is 0 Å². The van der Waals surface area contributed by atoms with E-state index in [-0.39, 0.29) is 6.04 Å². The summed E-state index contributed by atoms with van der Waals surface area (Å²) in [5, 5.41) is 5.09. The van der Waals surface area contributed by atoms with Gasteiger partial charge in [-0.3, -0.25) is 0 Å². The zero-order chi connectivity index (χ0) is 44.7. The van der Waals surface area contributed by atoms with Gasteiger partial charge in [0.1, 0.15) is 0 Å². The monoisotopic (exact) mass is 887 g/mol. The molecule has 0 saturated heterocycles. The highest BCUT2D eigenvalue weighted by molar-refractivity contribution is 7.18. The van der Waals surface area contributed by atoms with Crippen molar-refractivity contribution in [1.29, 1.82) is 0 Å². The van der Waals surface area contributed by atoms with Crippen molar-refractivity contribution in [3.05, 3.63) is 248 Å². The number of thiophene rings is 1. The SMILES string of the molecule is C1=CCC(n2c3ccccc3c3cc(-c4ccc5c(c4)c4cc(C6=CCC7C(=C6)c6ccccc6N7c6ccccc6)ccc4n5-c4ccc(-c5ccc(-c6ccccc6)s5)cc4)ccc32)C=C1. The molecule has 3 nitrogen and oxygen atoms in total. The highest BCUT2D eigenvalue weighted by Gasteiger charge is 2.36. The van der Waals surface area contributed by atoms with Gasteiger partial charge in [0.15, 0.2) is 0 Å². The molecule has 4 heteroatoms. The zero-order valence-corrected chi connectivity index (χ0v) is 38.2. The molecule has 0 amide bonds. The van der Waals surface area contributed by atoms with Gasteiger partial charge in [-0.2, -0.15) is 0 Å². The van der Waals surface area contributed by atoms with Crippen molar-refractivity contribution in [2.24, 2.45) is 0 Å². The highest BCUT2D eigenvalue weighted by atomic mass is 32.1. The number of hydrogen-bond donors (Lipinski definition) is 0. The molecule has 68 heavy (non-hydrogen) atoms. The molecule has 322 valence electrons. The highest BCUT2D eigenvalue weighted by Crippen LogP contribution is 2.49. The van der Waals surface area contributed by atoms with Gasteiger partial charge in [0.25, 0.3) is 0 Å². The molecule has 11 aromatic rings. The first-order chi connectivity index (χ1) is 33.7. The molecule has 2 aliphatic carbocycles.